The van der Waals surface area contributed by atoms with E-state index in [0.717, 1.165) is 43.5 Å². The van der Waals surface area contributed by atoms with E-state index in [2.05, 4.69) is 13.0 Å². The molecule has 2 saturated carbocycles. The van der Waals surface area contributed by atoms with Gasteiger partial charge in [-0.15, -0.1) is 0 Å². The highest BCUT2D eigenvalue weighted by Crippen LogP contribution is 2.62. The predicted molar refractivity (Wildman–Crippen MR) is 89.1 cm³/mol. The molecule has 5 nitrogen and oxygen atoms in total. The highest BCUT2D eigenvalue weighted by Gasteiger charge is 2.60. The largest absolute Gasteiger partial charge is 0.393 e. The Balaban J connectivity index is 1.71. The maximum Gasteiger partial charge on any atom is 0.249 e. The molecule has 24 heavy (non-hydrogen) atoms. The van der Waals surface area contributed by atoms with Crippen LogP contribution in [-0.2, 0) is 9.59 Å². The number of nitrogens with zero attached hydrogens (tertiary/aromatic N) is 1. The molecule has 0 radical (unpaired) electrons. The van der Waals surface area contributed by atoms with Gasteiger partial charge in [-0.2, -0.15) is 0 Å². The minimum Gasteiger partial charge on any atom is -0.393 e. The molecule has 2 amide bonds. The van der Waals surface area contributed by atoms with Crippen LogP contribution in [-0.4, -0.2) is 28.0 Å². The van der Waals surface area contributed by atoms with Gasteiger partial charge in [0.15, 0.2) is 0 Å². The van der Waals surface area contributed by atoms with Crippen molar-refractivity contribution in [1.29, 1.82) is 0 Å². The average Bonchev–Trinajstić information content (AvgIpc) is 2.55. The van der Waals surface area contributed by atoms with Crippen molar-refractivity contribution < 1.29 is 14.7 Å². The van der Waals surface area contributed by atoms with Gasteiger partial charge >= 0.3 is 0 Å². The summed E-state index contributed by atoms with van der Waals surface area (Å²) in [5, 5.41) is 10.9. The number of carbonyl (C=O) groups is 2. The van der Waals surface area contributed by atoms with E-state index >= 15 is 0 Å². The summed E-state index contributed by atoms with van der Waals surface area (Å²) in [5.74, 6) is 6.27. The average molecular weight is 332 g/mol. The number of aliphatic hydroxyl groups excluding tert-OH is 1. The number of fused-ring (bicyclic) bond motifs is 5. The number of carbonyl (C=O) groups excluding carboxylic acids is 2. The third-order valence-corrected chi connectivity index (χ3v) is 7.84. The van der Waals surface area contributed by atoms with E-state index < -0.39 is 5.41 Å². The summed E-state index contributed by atoms with van der Waals surface area (Å²) in [6.07, 6.45) is 7.88. The zero-order valence-corrected chi connectivity index (χ0v) is 14.6. The van der Waals surface area contributed by atoms with Crippen LogP contribution in [0.3, 0.4) is 0 Å². The molecule has 1 aliphatic heterocycles. The second-order valence-electron chi connectivity index (χ2n) is 8.89. The molecular formula is C19H28N2O3. The molecule has 0 bridgehead atoms. The first kappa shape index (κ1) is 16.3. The Morgan fingerprint density at radius 1 is 1.12 bits per heavy atom. The summed E-state index contributed by atoms with van der Waals surface area (Å²) >= 11 is 0. The van der Waals surface area contributed by atoms with Crippen LogP contribution in [0.25, 0.3) is 0 Å². The summed E-state index contributed by atoms with van der Waals surface area (Å²) in [6, 6.07) is 0. The monoisotopic (exact) mass is 332 g/mol. The Bertz CT molecular complexity index is 630. The first-order valence-corrected chi connectivity index (χ1v) is 9.27. The molecule has 5 heteroatoms. The van der Waals surface area contributed by atoms with Gasteiger partial charge in [0.1, 0.15) is 0 Å². The smallest absolute Gasteiger partial charge is 0.249 e. The first-order chi connectivity index (χ1) is 11.3. The number of nitrogens with two attached hydrogens (primary N) is 1. The van der Waals surface area contributed by atoms with Gasteiger partial charge in [0.25, 0.3) is 0 Å². The van der Waals surface area contributed by atoms with Gasteiger partial charge in [-0.25, -0.2) is 10.9 Å². The lowest BCUT2D eigenvalue weighted by Gasteiger charge is -2.59. The normalized spacial score (nSPS) is 48.3. The Morgan fingerprint density at radius 3 is 2.58 bits per heavy atom. The summed E-state index contributed by atoms with van der Waals surface area (Å²) in [4.78, 5) is 24.9. The zero-order valence-electron chi connectivity index (χ0n) is 14.6. The second kappa shape index (κ2) is 5.15. The van der Waals surface area contributed by atoms with E-state index in [-0.39, 0.29) is 29.3 Å². The predicted octanol–water partition coefficient (Wildman–Crippen LogP) is 2.15. The van der Waals surface area contributed by atoms with Crippen LogP contribution < -0.4 is 5.84 Å². The van der Waals surface area contributed by atoms with Gasteiger partial charge in [-0.05, 0) is 61.7 Å². The van der Waals surface area contributed by atoms with Crippen molar-refractivity contribution in [3.8, 4) is 0 Å². The highest BCUT2D eigenvalue weighted by molar-refractivity contribution is 6.00. The molecule has 0 aromatic carbocycles. The van der Waals surface area contributed by atoms with Crippen LogP contribution >= 0.6 is 0 Å². The third kappa shape index (κ3) is 2.00. The lowest BCUT2D eigenvalue weighted by Crippen LogP contribution is -2.62. The highest BCUT2D eigenvalue weighted by atomic mass is 16.3. The summed E-state index contributed by atoms with van der Waals surface area (Å²) in [6.45, 7) is 4.35. The summed E-state index contributed by atoms with van der Waals surface area (Å²) in [5.41, 5.74) is 1.02. The molecule has 0 aromatic rings. The van der Waals surface area contributed by atoms with Crippen molar-refractivity contribution in [3.63, 3.8) is 0 Å². The fraction of sp³-hybridized carbons (Fsp3) is 0.789. The molecular weight excluding hydrogens is 304 g/mol. The van der Waals surface area contributed by atoms with Crippen LogP contribution in [0.15, 0.2) is 11.6 Å². The fourth-order valence-electron chi connectivity index (χ4n) is 6.28. The molecule has 0 aromatic heterocycles. The molecule has 3 fully saturated rings. The molecule has 1 heterocycles. The van der Waals surface area contributed by atoms with E-state index in [1.54, 1.807) is 0 Å². The van der Waals surface area contributed by atoms with Crippen molar-refractivity contribution in [3.05, 3.63) is 11.6 Å². The minimum atomic E-state index is -0.500. The Labute approximate surface area is 143 Å². The molecule has 4 rings (SSSR count). The van der Waals surface area contributed by atoms with Crippen LogP contribution in [0.1, 0.15) is 58.8 Å². The van der Waals surface area contributed by atoms with Crippen molar-refractivity contribution >= 4 is 11.8 Å². The van der Waals surface area contributed by atoms with E-state index in [1.807, 2.05) is 6.92 Å². The number of piperidine rings is 1. The molecule has 1 saturated heterocycles. The van der Waals surface area contributed by atoms with Crippen molar-refractivity contribution in [2.75, 3.05) is 0 Å². The van der Waals surface area contributed by atoms with E-state index in [4.69, 9.17) is 5.84 Å². The number of aliphatic hydroxyl groups is 1. The van der Waals surface area contributed by atoms with E-state index in [0.29, 0.717) is 18.3 Å². The SMILES string of the molecule is C[C@@]12CC[C@H]3[C@@H](CC=C4C[C@H](O)CC[C@]43C)[C@H]1CC(=O)N(N)C2=O. The Kier molecular flexibility index (Phi) is 3.49. The van der Waals surface area contributed by atoms with Crippen LogP contribution in [0.5, 0.6) is 0 Å². The van der Waals surface area contributed by atoms with Crippen LogP contribution in [0.4, 0.5) is 0 Å². The number of allylic oxidation sites excluding steroid dienone is 1. The molecule has 4 aliphatic rings. The molecule has 6 atom stereocenters. The van der Waals surface area contributed by atoms with E-state index in [1.165, 1.54) is 5.57 Å². The minimum absolute atomic E-state index is 0.0949. The van der Waals surface area contributed by atoms with E-state index in [9.17, 15) is 14.7 Å². The van der Waals surface area contributed by atoms with Gasteiger partial charge < -0.3 is 5.11 Å². The van der Waals surface area contributed by atoms with Gasteiger partial charge in [0, 0.05) is 6.42 Å². The molecule has 132 valence electrons. The van der Waals surface area contributed by atoms with Crippen molar-refractivity contribution in [2.45, 2.75) is 64.9 Å². The molecule has 3 N–H and O–H groups in total. The van der Waals surface area contributed by atoms with Gasteiger partial charge in [0.2, 0.25) is 11.8 Å². The maximum absolute atomic E-state index is 12.7. The lowest BCUT2D eigenvalue weighted by atomic mass is 9.46. The summed E-state index contributed by atoms with van der Waals surface area (Å²) < 4.78 is 0. The van der Waals surface area contributed by atoms with Gasteiger partial charge in [-0.3, -0.25) is 9.59 Å². The molecule has 0 spiro atoms. The topological polar surface area (TPSA) is 83.6 Å². The number of rotatable bonds is 0. The number of imide groups is 1. The van der Waals surface area contributed by atoms with Crippen LogP contribution in [0, 0.1) is 28.6 Å². The lowest BCUT2D eigenvalue weighted by molar-refractivity contribution is -0.171. The zero-order chi connectivity index (χ0) is 17.3. The van der Waals surface area contributed by atoms with Crippen LogP contribution in [0.2, 0.25) is 0 Å². The van der Waals surface area contributed by atoms with Gasteiger partial charge in [0.05, 0.1) is 11.5 Å². The molecule has 3 aliphatic carbocycles. The first-order valence-electron chi connectivity index (χ1n) is 9.27. The molecule has 0 unspecified atom stereocenters. The quantitative estimate of drug-likeness (QED) is 0.308. The Morgan fingerprint density at radius 2 is 1.83 bits per heavy atom. The maximum atomic E-state index is 12.7. The Hall–Kier alpha value is -1.20. The second-order valence-corrected chi connectivity index (χ2v) is 8.89. The third-order valence-electron chi connectivity index (χ3n) is 7.84. The van der Waals surface area contributed by atoms with Crippen molar-refractivity contribution in [1.82, 2.24) is 5.01 Å². The number of hydrogen-bond donors (Lipinski definition) is 2. The number of hydrogen-bond acceptors (Lipinski definition) is 4. The summed E-state index contributed by atoms with van der Waals surface area (Å²) in [7, 11) is 0. The van der Waals surface area contributed by atoms with Crippen molar-refractivity contribution in [2.24, 2.45) is 34.4 Å². The standard InChI is InChI=1S/C19H28N2O3/c1-18-7-5-12(22)9-11(18)3-4-13-14(18)6-8-19(2)15(13)10-16(23)21(20)17(19)24/h3,12-15,22H,4-10,20H2,1-2H3/t12-,13-,14+,15-,18-,19-/m1/s1. The fourth-order valence-corrected chi connectivity index (χ4v) is 6.28. The number of hydrazine groups is 1. The number of amides is 2. The van der Waals surface area contributed by atoms with Gasteiger partial charge in [-0.1, -0.05) is 25.5 Å².